The second kappa shape index (κ2) is 6.30. The van der Waals surface area contributed by atoms with E-state index < -0.39 is 0 Å². The zero-order valence-corrected chi connectivity index (χ0v) is 15.9. The highest BCUT2D eigenvalue weighted by Gasteiger charge is 2.53. The Morgan fingerprint density at radius 2 is 2.11 bits per heavy atom. The van der Waals surface area contributed by atoms with Crippen LogP contribution in [-0.4, -0.2) is 37.9 Å². The summed E-state index contributed by atoms with van der Waals surface area (Å²) in [7, 11) is 2.03. The average molecular weight is 363 g/mol. The first kappa shape index (κ1) is 16.7. The Morgan fingerprint density at radius 3 is 2.89 bits per heavy atom. The van der Waals surface area contributed by atoms with E-state index in [1.54, 1.807) is 0 Å². The molecule has 1 aromatic carbocycles. The van der Waals surface area contributed by atoms with Crippen LogP contribution >= 0.6 is 0 Å². The van der Waals surface area contributed by atoms with Crippen LogP contribution in [0.4, 0.5) is 0 Å². The number of aromatic nitrogens is 4. The van der Waals surface area contributed by atoms with Crippen molar-refractivity contribution in [3.8, 4) is 11.5 Å². The fourth-order valence-electron chi connectivity index (χ4n) is 5.04. The molecule has 6 heteroatoms. The van der Waals surface area contributed by atoms with Crippen LogP contribution in [0.25, 0.3) is 11.5 Å². The molecule has 2 atom stereocenters. The summed E-state index contributed by atoms with van der Waals surface area (Å²) < 4.78 is 7.65. The van der Waals surface area contributed by atoms with Gasteiger partial charge in [-0.1, -0.05) is 29.8 Å². The first-order chi connectivity index (χ1) is 13.1. The van der Waals surface area contributed by atoms with E-state index >= 15 is 0 Å². The van der Waals surface area contributed by atoms with E-state index in [0.717, 1.165) is 43.1 Å². The summed E-state index contributed by atoms with van der Waals surface area (Å²) >= 11 is 0. The molecule has 0 amide bonds. The highest BCUT2D eigenvalue weighted by atomic mass is 16.5. The van der Waals surface area contributed by atoms with Crippen LogP contribution in [0.3, 0.4) is 0 Å². The molecule has 1 aliphatic heterocycles. The van der Waals surface area contributed by atoms with E-state index in [4.69, 9.17) is 9.51 Å². The maximum Gasteiger partial charge on any atom is 0.257 e. The minimum atomic E-state index is 0.0319. The van der Waals surface area contributed by atoms with Gasteiger partial charge >= 0.3 is 0 Å². The van der Waals surface area contributed by atoms with E-state index in [2.05, 4.69) is 21.2 Å². The van der Waals surface area contributed by atoms with Crippen molar-refractivity contribution in [2.45, 2.75) is 38.1 Å². The van der Waals surface area contributed by atoms with Gasteiger partial charge in [0.25, 0.3) is 5.89 Å². The largest absolute Gasteiger partial charge is 0.334 e. The average Bonchev–Trinajstić information content (AvgIpc) is 3.40. The number of nitrogens with zero attached hydrogens (tertiary/aromatic N) is 5. The molecule has 140 valence electrons. The van der Waals surface area contributed by atoms with Crippen molar-refractivity contribution in [3.63, 3.8) is 0 Å². The molecule has 0 spiro atoms. The highest BCUT2D eigenvalue weighted by Crippen LogP contribution is 2.50. The van der Waals surface area contributed by atoms with Crippen LogP contribution in [0.5, 0.6) is 0 Å². The summed E-state index contributed by atoms with van der Waals surface area (Å²) in [4.78, 5) is 7.38. The molecule has 0 bridgehead atoms. The van der Waals surface area contributed by atoms with Gasteiger partial charge in [-0.25, -0.2) is 0 Å². The SMILES string of the molecule is Cc1cc(CN2C[C@H]3CCC[C@@]3(c3noc(-c4ccccc4)n3)C2)n(C)n1. The fourth-order valence-corrected chi connectivity index (χ4v) is 5.04. The Hall–Kier alpha value is -2.47. The molecule has 2 aliphatic rings. The number of hydrogen-bond acceptors (Lipinski definition) is 5. The molecule has 0 radical (unpaired) electrons. The van der Waals surface area contributed by atoms with E-state index in [0.29, 0.717) is 11.8 Å². The van der Waals surface area contributed by atoms with Crippen molar-refractivity contribution in [3.05, 3.63) is 53.6 Å². The van der Waals surface area contributed by atoms with Crippen molar-refractivity contribution >= 4 is 0 Å². The van der Waals surface area contributed by atoms with E-state index in [1.165, 1.54) is 18.5 Å². The second-order valence-corrected chi connectivity index (χ2v) is 8.10. The van der Waals surface area contributed by atoms with Crippen molar-refractivity contribution in [1.82, 2.24) is 24.8 Å². The molecule has 5 rings (SSSR count). The molecule has 1 aliphatic carbocycles. The molecule has 2 aromatic heterocycles. The van der Waals surface area contributed by atoms with Gasteiger partial charge in [0.1, 0.15) is 0 Å². The van der Waals surface area contributed by atoms with Gasteiger partial charge in [-0.3, -0.25) is 9.58 Å². The summed E-state index contributed by atoms with van der Waals surface area (Å²) in [6.45, 7) is 5.07. The lowest BCUT2D eigenvalue weighted by Gasteiger charge is -2.25. The van der Waals surface area contributed by atoms with Crippen LogP contribution in [0.15, 0.2) is 40.9 Å². The lowest BCUT2D eigenvalue weighted by Crippen LogP contribution is -2.33. The maximum atomic E-state index is 5.65. The van der Waals surface area contributed by atoms with Gasteiger partial charge in [0.2, 0.25) is 0 Å². The molecule has 0 N–H and O–H groups in total. The Bertz CT molecular complexity index is 947. The Balaban J connectivity index is 1.41. The molecular weight excluding hydrogens is 338 g/mol. The van der Waals surface area contributed by atoms with Crippen LogP contribution in [-0.2, 0) is 19.0 Å². The van der Waals surface area contributed by atoms with Gasteiger partial charge < -0.3 is 4.52 Å². The lowest BCUT2D eigenvalue weighted by molar-refractivity contribution is 0.280. The first-order valence-electron chi connectivity index (χ1n) is 9.75. The zero-order chi connectivity index (χ0) is 18.4. The Labute approximate surface area is 159 Å². The number of fused-ring (bicyclic) bond motifs is 1. The number of aryl methyl sites for hydroxylation is 2. The van der Waals surface area contributed by atoms with Gasteiger partial charge in [-0.15, -0.1) is 0 Å². The fraction of sp³-hybridized carbons (Fsp3) is 0.476. The Morgan fingerprint density at radius 1 is 1.26 bits per heavy atom. The van der Waals surface area contributed by atoms with E-state index in [9.17, 15) is 0 Å². The third kappa shape index (κ3) is 2.79. The smallest absolute Gasteiger partial charge is 0.257 e. The van der Waals surface area contributed by atoms with Crippen LogP contribution in [0.1, 0.15) is 36.5 Å². The van der Waals surface area contributed by atoms with Crippen molar-refractivity contribution in [2.75, 3.05) is 13.1 Å². The van der Waals surface area contributed by atoms with Crippen LogP contribution in [0.2, 0.25) is 0 Å². The summed E-state index contributed by atoms with van der Waals surface area (Å²) in [5, 5.41) is 8.93. The molecule has 3 aromatic rings. The number of hydrogen-bond donors (Lipinski definition) is 0. The monoisotopic (exact) mass is 363 g/mol. The van der Waals surface area contributed by atoms with E-state index in [1.807, 2.05) is 49.0 Å². The molecule has 1 saturated carbocycles. The van der Waals surface area contributed by atoms with Crippen LogP contribution < -0.4 is 0 Å². The number of likely N-dealkylation sites (tertiary alicyclic amines) is 1. The molecule has 2 fully saturated rings. The zero-order valence-electron chi connectivity index (χ0n) is 15.9. The standard InChI is InChI=1S/C21H25N5O/c1-15-11-18(25(2)23-15)13-26-12-17-9-6-10-21(17,14-26)20-22-19(27-24-20)16-7-4-3-5-8-16/h3-5,7-8,11,17H,6,9-10,12-14H2,1-2H3/t17-,21-/m1/s1. The van der Waals surface area contributed by atoms with Crippen molar-refractivity contribution < 1.29 is 4.52 Å². The third-order valence-electron chi connectivity index (χ3n) is 6.32. The summed E-state index contributed by atoms with van der Waals surface area (Å²) in [5.41, 5.74) is 3.36. The quantitative estimate of drug-likeness (QED) is 0.711. The van der Waals surface area contributed by atoms with Gasteiger partial charge in [0.05, 0.1) is 16.8 Å². The molecule has 0 unspecified atom stereocenters. The van der Waals surface area contributed by atoms with Gasteiger partial charge in [0, 0.05) is 32.2 Å². The molecular formula is C21H25N5O. The third-order valence-corrected chi connectivity index (χ3v) is 6.32. The van der Waals surface area contributed by atoms with Gasteiger partial charge in [-0.2, -0.15) is 10.1 Å². The lowest BCUT2D eigenvalue weighted by atomic mass is 9.80. The van der Waals surface area contributed by atoms with Gasteiger partial charge in [-0.05, 0) is 43.9 Å². The normalized spacial score (nSPS) is 25.2. The predicted octanol–water partition coefficient (Wildman–Crippen LogP) is 3.33. The topological polar surface area (TPSA) is 60.0 Å². The van der Waals surface area contributed by atoms with Crippen molar-refractivity contribution in [2.24, 2.45) is 13.0 Å². The van der Waals surface area contributed by atoms with E-state index in [-0.39, 0.29) is 5.41 Å². The minimum Gasteiger partial charge on any atom is -0.334 e. The van der Waals surface area contributed by atoms with Gasteiger partial charge in [0.15, 0.2) is 5.82 Å². The summed E-state index contributed by atoms with van der Waals surface area (Å²) in [6.07, 6.45) is 3.64. The molecule has 27 heavy (non-hydrogen) atoms. The summed E-state index contributed by atoms with van der Waals surface area (Å²) in [6, 6.07) is 12.2. The molecule has 1 saturated heterocycles. The molecule has 6 nitrogen and oxygen atoms in total. The second-order valence-electron chi connectivity index (χ2n) is 8.10. The Kier molecular flexibility index (Phi) is 3.90. The molecule has 3 heterocycles. The maximum absolute atomic E-state index is 5.65. The number of benzene rings is 1. The highest BCUT2D eigenvalue weighted by molar-refractivity contribution is 5.52. The predicted molar refractivity (Wildman–Crippen MR) is 102 cm³/mol. The minimum absolute atomic E-state index is 0.0319. The van der Waals surface area contributed by atoms with Crippen LogP contribution in [0, 0.1) is 12.8 Å². The first-order valence-corrected chi connectivity index (χ1v) is 9.75. The van der Waals surface area contributed by atoms with Crippen molar-refractivity contribution in [1.29, 1.82) is 0 Å². The summed E-state index contributed by atoms with van der Waals surface area (Å²) in [5.74, 6) is 2.13. The number of rotatable bonds is 4.